The number of aromatic nitrogens is 9. The number of nitrogens with two attached hydrogens (primary N) is 2. The van der Waals surface area contributed by atoms with E-state index in [1.165, 1.54) is 21.7 Å². The summed E-state index contributed by atoms with van der Waals surface area (Å²) in [5.41, 5.74) is 11.6. The summed E-state index contributed by atoms with van der Waals surface area (Å²) < 4.78 is 32.7. The third-order valence-electron chi connectivity index (χ3n) is 6.76. The molecule has 0 aliphatic carbocycles. The molecule has 220 valence electrons. The Kier molecular flexibility index (Phi) is 7.41. The zero-order valence-electron chi connectivity index (χ0n) is 20.7. The van der Waals surface area contributed by atoms with E-state index in [0.717, 1.165) is 11.8 Å². The first-order valence-electron chi connectivity index (χ1n) is 12.0. The van der Waals surface area contributed by atoms with Gasteiger partial charge in [0.1, 0.15) is 23.9 Å². The van der Waals surface area contributed by atoms with E-state index in [9.17, 15) is 24.7 Å². The number of imidazole rings is 1. The van der Waals surface area contributed by atoms with Crippen molar-refractivity contribution in [3.05, 3.63) is 28.6 Å². The molecule has 0 radical (unpaired) electrons. The predicted octanol–water partition coefficient (Wildman–Crippen LogP) is -1.93. The number of aromatic amines is 1. The number of H-pyrrole nitrogens is 1. The highest BCUT2D eigenvalue weighted by Crippen LogP contribution is 2.58. The summed E-state index contributed by atoms with van der Waals surface area (Å²) in [5.74, 6) is -0.576. The van der Waals surface area contributed by atoms with E-state index >= 15 is 0 Å². The number of ether oxygens (including phenoxy) is 1. The van der Waals surface area contributed by atoms with Crippen LogP contribution in [0.15, 0.2) is 17.3 Å². The van der Waals surface area contributed by atoms with E-state index in [0.29, 0.717) is 11.3 Å². The van der Waals surface area contributed by atoms with Gasteiger partial charge in [0, 0.05) is 0 Å². The van der Waals surface area contributed by atoms with Crippen molar-refractivity contribution >= 4 is 59.4 Å². The second-order valence-electron chi connectivity index (χ2n) is 9.26. The van der Waals surface area contributed by atoms with Crippen LogP contribution in [0.1, 0.15) is 17.0 Å². The zero-order chi connectivity index (χ0) is 29.1. The third-order valence-corrected chi connectivity index (χ3v) is 9.90. The fourth-order valence-electron chi connectivity index (χ4n) is 4.76. The van der Waals surface area contributed by atoms with Crippen molar-refractivity contribution in [1.29, 1.82) is 0 Å². The summed E-state index contributed by atoms with van der Waals surface area (Å²) in [6, 6.07) is 0. The molecule has 0 saturated carbocycles. The van der Waals surface area contributed by atoms with Crippen molar-refractivity contribution in [2.24, 2.45) is 0 Å². The van der Waals surface area contributed by atoms with Crippen LogP contribution in [0.25, 0.3) is 16.8 Å². The van der Waals surface area contributed by atoms with Crippen molar-refractivity contribution in [3.63, 3.8) is 0 Å². The summed E-state index contributed by atoms with van der Waals surface area (Å²) in [6.45, 7) is -4.97. The Hall–Kier alpha value is -2.88. The maximum Gasteiger partial charge on any atom is 0.386 e. The fraction of sp³-hybridized carbons (Fsp3) is 0.526. The summed E-state index contributed by atoms with van der Waals surface area (Å²) in [4.78, 5) is 26.6. The van der Waals surface area contributed by atoms with Crippen molar-refractivity contribution in [2.45, 2.75) is 41.0 Å². The second kappa shape index (κ2) is 10.7. The molecule has 2 aliphatic rings. The molecule has 2 fully saturated rings. The number of nitrogens with zero attached hydrogens (tertiary/aromatic N) is 8. The van der Waals surface area contributed by atoms with Gasteiger partial charge in [0.25, 0.3) is 5.56 Å². The highest BCUT2D eigenvalue weighted by atomic mass is 32.7. The standard InChI is InChI=1S/C19H24N11O8PS2/c20-14-16-22-1-7(29(16)24-5-23-14)6-3-36-8(11(6)32)4-37-39(35,40)38-13-12(33)9(2-31)41-18(13)30-15-10(27-28-30)17(34)26-19(21)25-15/h1,5-6,8-9,11-13,18,31-33H,2-4H2,(H,35,40)(H2,20,23,24)(H3,21,25,26,34)/t6-,8+,9+,11-,12+,13+,18+,39?/m0/s1. The maximum atomic E-state index is 13.3. The van der Waals surface area contributed by atoms with Crippen LogP contribution in [0.3, 0.4) is 0 Å². The van der Waals surface area contributed by atoms with E-state index in [2.05, 4.69) is 47.6 Å². The minimum absolute atomic E-state index is 0.00834. The van der Waals surface area contributed by atoms with Gasteiger partial charge in [-0.1, -0.05) is 17.5 Å². The quantitative estimate of drug-likeness (QED) is 0.0825. The van der Waals surface area contributed by atoms with E-state index in [1.54, 1.807) is 0 Å². The van der Waals surface area contributed by atoms with Crippen molar-refractivity contribution in [2.75, 3.05) is 31.3 Å². The third kappa shape index (κ3) is 5.06. The molecule has 8 atom stereocenters. The van der Waals surface area contributed by atoms with Gasteiger partial charge in [-0.2, -0.15) is 10.1 Å². The molecule has 2 aliphatic heterocycles. The number of thiol groups is 1. The molecule has 4 aromatic heterocycles. The van der Waals surface area contributed by atoms with Gasteiger partial charge in [-0.3, -0.25) is 18.8 Å². The number of fused-ring (bicyclic) bond motifs is 2. The Labute approximate surface area is 238 Å². The number of anilines is 2. The Morgan fingerprint density at radius 3 is 2.85 bits per heavy atom. The summed E-state index contributed by atoms with van der Waals surface area (Å²) in [6.07, 6.45) is -1.89. The molecule has 6 heterocycles. The number of hydrogen-bond acceptors (Lipinski definition) is 17. The molecule has 0 aromatic carbocycles. The lowest BCUT2D eigenvalue weighted by molar-refractivity contribution is -0.00704. The number of rotatable bonds is 8. The highest BCUT2D eigenvalue weighted by molar-refractivity contribution is 8.44. The van der Waals surface area contributed by atoms with E-state index in [1.807, 2.05) is 0 Å². The Bertz CT molecular complexity index is 1700. The molecular formula is C19H24N11O8PS2. The minimum Gasteiger partial charge on any atom is -0.395 e. The van der Waals surface area contributed by atoms with Crippen LogP contribution in [0.5, 0.6) is 0 Å². The van der Waals surface area contributed by atoms with E-state index < -0.39 is 59.9 Å². The largest absolute Gasteiger partial charge is 0.395 e. The molecule has 0 amide bonds. The van der Waals surface area contributed by atoms with Crippen LogP contribution in [0.2, 0.25) is 0 Å². The Morgan fingerprint density at radius 1 is 1.27 bits per heavy atom. The minimum atomic E-state index is -4.22. The number of aliphatic hydroxyl groups is 3. The van der Waals surface area contributed by atoms with Crippen LogP contribution in [-0.2, 0) is 18.3 Å². The van der Waals surface area contributed by atoms with Crippen LogP contribution in [-0.4, -0.2) is 109 Å². The van der Waals surface area contributed by atoms with Crippen LogP contribution in [0, 0.1) is 0 Å². The molecule has 0 spiro atoms. The number of nitrogens with one attached hydrogen (secondary N) is 1. The van der Waals surface area contributed by atoms with Crippen LogP contribution < -0.4 is 17.0 Å². The lowest BCUT2D eigenvalue weighted by atomic mass is 9.99. The number of aliphatic hydroxyl groups excluding tert-OH is 3. The highest BCUT2D eigenvalue weighted by Gasteiger charge is 2.49. The molecule has 6 rings (SSSR count). The monoisotopic (exact) mass is 629 g/mol. The first kappa shape index (κ1) is 28.2. The van der Waals surface area contributed by atoms with Gasteiger partial charge in [0.05, 0.1) is 55.1 Å². The van der Waals surface area contributed by atoms with Crippen molar-refractivity contribution in [1.82, 2.24) is 44.5 Å². The molecule has 2 saturated heterocycles. The molecule has 19 nitrogen and oxygen atoms in total. The van der Waals surface area contributed by atoms with Gasteiger partial charge in [0.2, 0.25) is 5.95 Å². The lowest BCUT2D eigenvalue weighted by Gasteiger charge is -2.25. The van der Waals surface area contributed by atoms with Crippen LogP contribution in [0.4, 0.5) is 11.8 Å². The normalized spacial score (nSPS) is 29.9. The van der Waals surface area contributed by atoms with E-state index in [-0.39, 0.29) is 36.1 Å². The van der Waals surface area contributed by atoms with Gasteiger partial charge >= 0.3 is 6.80 Å². The zero-order valence-corrected chi connectivity index (χ0v) is 23.3. The number of nitrogen functional groups attached to an aromatic ring is 2. The topological polar surface area (TPSA) is 277 Å². The van der Waals surface area contributed by atoms with Gasteiger partial charge < -0.3 is 31.5 Å². The second-order valence-corrected chi connectivity index (χ2v) is 13.5. The molecular weight excluding hydrogens is 605 g/mol. The average Bonchev–Trinajstić information content (AvgIpc) is 3.69. The predicted molar refractivity (Wildman–Crippen MR) is 145 cm³/mol. The fourth-order valence-corrected chi connectivity index (χ4v) is 7.70. The van der Waals surface area contributed by atoms with Crippen molar-refractivity contribution < 1.29 is 33.7 Å². The Balaban J connectivity index is 1.17. The van der Waals surface area contributed by atoms with Crippen LogP contribution >= 0.6 is 30.8 Å². The lowest BCUT2D eigenvalue weighted by Crippen LogP contribution is -2.35. The molecule has 41 heavy (non-hydrogen) atoms. The average molecular weight is 630 g/mol. The first-order chi connectivity index (χ1) is 19.6. The van der Waals surface area contributed by atoms with Gasteiger partial charge in [-0.25, -0.2) is 23.7 Å². The summed E-state index contributed by atoms with van der Waals surface area (Å²) >= 11 is 5.10. The van der Waals surface area contributed by atoms with Crippen molar-refractivity contribution in [3.8, 4) is 0 Å². The SMILES string of the molecule is Nc1nc2c(nnn2[C@@H]2S[C@H](CO)[C@@H](O)[C@H]2OP(=O)(S)OC[C@H]2OC[C@@H](c3cnc4c(N)ncnn34)[C@@H]2O)c(=O)[nH]1. The molecule has 4 aromatic rings. The first-order valence-corrected chi connectivity index (χ1v) is 15.7. The summed E-state index contributed by atoms with van der Waals surface area (Å²) in [5, 5.41) is 41.7. The smallest absolute Gasteiger partial charge is 0.386 e. The van der Waals surface area contributed by atoms with Gasteiger partial charge in [-0.05, 0) is 0 Å². The molecule has 0 bridgehead atoms. The van der Waals surface area contributed by atoms with Gasteiger partial charge in [0.15, 0.2) is 22.6 Å². The maximum absolute atomic E-state index is 13.3. The molecule has 8 N–H and O–H groups in total. The number of thioether (sulfide) groups is 1. The Morgan fingerprint density at radius 2 is 2.07 bits per heavy atom. The summed E-state index contributed by atoms with van der Waals surface area (Å²) in [7, 11) is 0. The molecule has 1 unspecified atom stereocenters. The molecule has 22 heteroatoms. The number of hydrogen-bond donors (Lipinski definition) is 7. The van der Waals surface area contributed by atoms with Gasteiger partial charge in [-0.15, -0.1) is 16.9 Å². The van der Waals surface area contributed by atoms with E-state index in [4.69, 9.17) is 25.3 Å².